The van der Waals surface area contributed by atoms with Crippen LogP contribution in [0.4, 0.5) is 19.0 Å². The molecule has 136 valence electrons. The van der Waals surface area contributed by atoms with Crippen LogP contribution in [0, 0.1) is 0 Å². The summed E-state index contributed by atoms with van der Waals surface area (Å²) in [5, 5.41) is 11.5. The summed E-state index contributed by atoms with van der Waals surface area (Å²) in [4.78, 5) is 13.0. The van der Waals surface area contributed by atoms with Crippen LogP contribution in [0.1, 0.15) is 47.2 Å². The van der Waals surface area contributed by atoms with Crippen molar-refractivity contribution in [2.45, 2.75) is 38.0 Å². The molecule has 5 nitrogen and oxygen atoms in total. The Labute approximate surface area is 154 Å². The SMILES string of the molecule is CCCNC(=O)c1nn2c(c1Br)N[C@@H](c1cccs1)C[C@@H]2C(F)(F)F. The minimum Gasteiger partial charge on any atom is -0.362 e. The van der Waals surface area contributed by atoms with Crippen LogP contribution in [0.5, 0.6) is 0 Å². The number of carbonyl (C=O) groups excluding carboxylic acids is 1. The first-order valence-electron chi connectivity index (χ1n) is 7.75. The van der Waals surface area contributed by atoms with E-state index >= 15 is 0 Å². The van der Waals surface area contributed by atoms with Crippen LogP contribution in [0.15, 0.2) is 22.0 Å². The molecule has 0 fully saturated rings. The maximum atomic E-state index is 13.6. The van der Waals surface area contributed by atoms with Gasteiger partial charge in [0, 0.05) is 17.8 Å². The van der Waals surface area contributed by atoms with E-state index < -0.39 is 24.2 Å². The molecule has 3 heterocycles. The minimum atomic E-state index is -4.46. The first-order chi connectivity index (χ1) is 11.8. The maximum Gasteiger partial charge on any atom is 0.410 e. The fraction of sp³-hybridized carbons (Fsp3) is 0.467. The molecule has 0 aromatic carbocycles. The minimum absolute atomic E-state index is 0.0444. The van der Waals surface area contributed by atoms with Crippen molar-refractivity contribution in [3.63, 3.8) is 0 Å². The molecule has 1 aliphatic rings. The Kier molecular flexibility index (Phi) is 5.10. The van der Waals surface area contributed by atoms with E-state index in [2.05, 4.69) is 31.7 Å². The fourth-order valence-corrected chi connectivity index (χ4v) is 4.08. The van der Waals surface area contributed by atoms with Gasteiger partial charge in [0.25, 0.3) is 5.91 Å². The second kappa shape index (κ2) is 6.99. The van der Waals surface area contributed by atoms with E-state index in [4.69, 9.17) is 0 Å². The van der Waals surface area contributed by atoms with Gasteiger partial charge in [0.2, 0.25) is 0 Å². The number of alkyl halides is 3. The van der Waals surface area contributed by atoms with Gasteiger partial charge in [-0.2, -0.15) is 18.3 Å². The van der Waals surface area contributed by atoms with Crippen molar-refractivity contribution < 1.29 is 18.0 Å². The highest BCUT2D eigenvalue weighted by Gasteiger charge is 2.47. The molecule has 0 aliphatic carbocycles. The third-order valence-corrected chi connectivity index (χ3v) is 5.67. The Hall–Kier alpha value is -1.55. The van der Waals surface area contributed by atoms with Crippen LogP contribution < -0.4 is 10.6 Å². The number of anilines is 1. The molecule has 2 aromatic heterocycles. The van der Waals surface area contributed by atoms with E-state index in [1.807, 2.05) is 12.3 Å². The van der Waals surface area contributed by atoms with Crippen molar-refractivity contribution in [2.75, 3.05) is 11.9 Å². The number of carbonyl (C=O) groups is 1. The van der Waals surface area contributed by atoms with Crippen molar-refractivity contribution in [2.24, 2.45) is 0 Å². The summed E-state index contributed by atoms with van der Waals surface area (Å²) in [6.07, 6.45) is -3.92. The molecule has 0 saturated carbocycles. The molecule has 25 heavy (non-hydrogen) atoms. The van der Waals surface area contributed by atoms with Crippen LogP contribution in [-0.4, -0.2) is 28.4 Å². The third kappa shape index (κ3) is 3.55. The van der Waals surface area contributed by atoms with Gasteiger partial charge in [-0.3, -0.25) is 4.79 Å². The van der Waals surface area contributed by atoms with Crippen molar-refractivity contribution in [1.29, 1.82) is 0 Å². The van der Waals surface area contributed by atoms with Crippen LogP contribution in [0.3, 0.4) is 0 Å². The Morgan fingerprint density at radius 3 is 2.92 bits per heavy atom. The zero-order valence-electron chi connectivity index (χ0n) is 13.2. The summed E-state index contributed by atoms with van der Waals surface area (Å²) >= 11 is 4.64. The van der Waals surface area contributed by atoms with E-state index in [1.54, 1.807) is 12.1 Å². The first-order valence-corrected chi connectivity index (χ1v) is 9.43. The van der Waals surface area contributed by atoms with Crippen LogP contribution in [-0.2, 0) is 0 Å². The quantitative estimate of drug-likeness (QED) is 0.741. The molecule has 2 atom stereocenters. The van der Waals surface area contributed by atoms with Crippen molar-refractivity contribution in [1.82, 2.24) is 15.1 Å². The topological polar surface area (TPSA) is 59.0 Å². The molecule has 2 aromatic rings. The summed E-state index contributed by atoms with van der Waals surface area (Å²) in [5.74, 6) is -0.320. The van der Waals surface area contributed by atoms with Gasteiger partial charge < -0.3 is 10.6 Å². The summed E-state index contributed by atoms with van der Waals surface area (Å²) in [6, 6.07) is 1.32. The standard InChI is InChI=1S/C15H16BrF3N4OS/c1-2-5-20-14(24)12-11(16)13-21-8(9-4-3-6-25-9)7-10(15(17,18)19)23(13)22-12/h3-4,6,8,10,21H,2,5,7H2,1H3,(H,20,24)/t8-,10-/m1/s1. The summed E-state index contributed by atoms with van der Waals surface area (Å²) in [5.41, 5.74) is -0.0444. The number of hydrogen-bond donors (Lipinski definition) is 2. The van der Waals surface area contributed by atoms with Crippen LogP contribution in [0.25, 0.3) is 0 Å². The number of aromatic nitrogens is 2. The summed E-state index contributed by atoms with van der Waals surface area (Å²) in [7, 11) is 0. The molecular weight excluding hydrogens is 421 g/mol. The number of fused-ring (bicyclic) bond motifs is 1. The van der Waals surface area contributed by atoms with Crippen LogP contribution >= 0.6 is 27.3 Å². The fourth-order valence-electron chi connectivity index (χ4n) is 2.73. The second-order valence-corrected chi connectivity index (χ2v) is 7.49. The predicted molar refractivity (Wildman–Crippen MR) is 92.9 cm³/mol. The molecule has 0 radical (unpaired) electrons. The van der Waals surface area contributed by atoms with Gasteiger partial charge in [-0.25, -0.2) is 4.68 Å². The smallest absolute Gasteiger partial charge is 0.362 e. The lowest BCUT2D eigenvalue weighted by molar-refractivity contribution is -0.173. The van der Waals surface area contributed by atoms with Gasteiger partial charge in [-0.15, -0.1) is 11.3 Å². The highest BCUT2D eigenvalue weighted by Crippen LogP contribution is 2.46. The molecule has 2 N–H and O–H groups in total. The number of nitrogens with one attached hydrogen (secondary N) is 2. The van der Waals surface area contributed by atoms with E-state index in [0.717, 1.165) is 16.0 Å². The Balaban J connectivity index is 2.00. The Morgan fingerprint density at radius 2 is 2.32 bits per heavy atom. The lowest BCUT2D eigenvalue weighted by Crippen LogP contribution is -2.35. The number of amides is 1. The highest BCUT2D eigenvalue weighted by molar-refractivity contribution is 9.10. The molecule has 1 amide bonds. The summed E-state index contributed by atoms with van der Waals surface area (Å²) < 4.78 is 41.9. The maximum absolute atomic E-state index is 13.6. The second-order valence-electron chi connectivity index (χ2n) is 5.72. The zero-order chi connectivity index (χ0) is 18.2. The highest BCUT2D eigenvalue weighted by atomic mass is 79.9. The van der Waals surface area contributed by atoms with Crippen molar-refractivity contribution in [3.05, 3.63) is 32.6 Å². The lowest BCUT2D eigenvalue weighted by atomic mass is 10.0. The number of thiophene rings is 1. The molecule has 0 spiro atoms. The number of rotatable bonds is 4. The van der Waals surface area contributed by atoms with Gasteiger partial charge in [0.1, 0.15) is 5.82 Å². The van der Waals surface area contributed by atoms with Crippen molar-refractivity contribution in [3.8, 4) is 0 Å². The summed E-state index contributed by atoms with van der Waals surface area (Å²) in [6.45, 7) is 2.32. The van der Waals surface area contributed by atoms with E-state index in [1.165, 1.54) is 11.3 Å². The third-order valence-electron chi connectivity index (χ3n) is 3.93. The molecule has 0 bridgehead atoms. The van der Waals surface area contributed by atoms with Gasteiger partial charge >= 0.3 is 6.18 Å². The van der Waals surface area contributed by atoms with Gasteiger partial charge in [0.05, 0.1) is 10.5 Å². The van der Waals surface area contributed by atoms with Gasteiger partial charge in [-0.05, 0) is 33.8 Å². The lowest BCUT2D eigenvalue weighted by Gasteiger charge is -2.33. The molecule has 10 heteroatoms. The molecule has 1 aliphatic heterocycles. The van der Waals surface area contributed by atoms with E-state index in [9.17, 15) is 18.0 Å². The van der Waals surface area contributed by atoms with E-state index in [0.29, 0.717) is 6.54 Å². The molecule has 3 rings (SSSR count). The monoisotopic (exact) mass is 436 g/mol. The number of hydrogen-bond acceptors (Lipinski definition) is 4. The first kappa shape index (κ1) is 18.2. The average Bonchev–Trinajstić information content (AvgIpc) is 3.19. The molecule has 0 unspecified atom stereocenters. The average molecular weight is 437 g/mol. The van der Waals surface area contributed by atoms with Gasteiger partial charge in [-0.1, -0.05) is 13.0 Å². The Morgan fingerprint density at radius 1 is 1.56 bits per heavy atom. The normalized spacial score (nSPS) is 20.0. The van der Waals surface area contributed by atoms with Crippen LogP contribution in [0.2, 0.25) is 0 Å². The Bertz CT molecular complexity index is 760. The van der Waals surface area contributed by atoms with Crippen molar-refractivity contribution >= 4 is 39.0 Å². The van der Waals surface area contributed by atoms with E-state index in [-0.39, 0.29) is 22.4 Å². The molecular formula is C15H16BrF3N4OS. The zero-order valence-corrected chi connectivity index (χ0v) is 15.6. The van der Waals surface area contributed by atoms with Gasteiger partial charge in [0.15, 0.2) is 11.7 Å². The number of halogens is 4. The number of nitrogens with zero attached hydrogens (tertiary/aromatic N) is 2. The largest absolute Gasteiger partial charge is 0.410 e. The predicted octanol–water partition coefficient (Wildman–Crippen LogP) is 4.51. The molecule has 0 saturated heterocycles.